The van der Waals surface area contributed by atoms with Crippen molar-refractivity contribution >= 4 is 34.0 Å². The van der Waals surface area contributed by atoms with Crippen LogP contribution in [0.1, 0.15) is 44.6 Å². The molecule has 6 heterocycles. The first-order chi connectivity index (χ1) is 21.4. The van der Waals surface area contributed by atoms with Crippen molar-refractivity contribution in [1.82, 2.24) is 25.2 Å². The van der Waals surface area contributed by atoms with Gasteiger partial charge in [-0.3, -0.25) is 4.90 Å². The Labute approximate surface area is 261 Å². The van der Waals surface area contributed by atoms with E-state index in [1.54, 1.807) is 0 Å². The summed E-state index contributed by atoms with van der Waals surface area (Å²) in [5, 5.41) is 2.81. The fraction of sp³-hybridized carbons (Fsp3) is 0.567. The summed E-state index contributed by atoms with van der Waals surface area (Å²) in [5.41, 5.74) is 2.37. The third-order valence-corrected chi connectivity index (χ3v) is 9.81. The second-order valence-electron chi connectivity index (χ2n) is 12.5. The van der Waals surface area contributed by atoms with Crippen LogP contribution in [0, 0.1) is 5.82 Å². The van der Waals surface area contributed by atoms with E-state index in [4.69, 9.17) is 31.8 Å². The molecule has 15 heteroatoms. The van der Waals surface area contributed by atoms with Crippen LogP contribution in [0.2, 0.25) is 5.02 Å². The first-order valence-corrected chi connectivity index (χ1v) is 15.5. The molecule has 3 saturated heterocycles. The molecule has 4 aliphatic rings. The monoisotopic (exact) mass is 653 g/mol. The average Bonchev–Trinajstić information content (AvgIpc) is 3.46. The van der Waals surface area contributed by atoms with Crippen molar-refractivity contribution in [2.24, 2.45) is 0 Å². The number of halogens is 6. The molecule has 1 unspecified atom stereocenters. The molecule has 1 aromatic carbocycles. The van der Waals surface area contributed by atoms with E-state index >= 15 is 4.39 Å². The highest BCUT2D eigenvalue weighted by Crippen LogP contribution is 2.46. The van der Waals surface area contributed by atoms with Gasteiger partial charge in [0.2, 0.25) is 5.88 Å². The fourth-order valence-electron chi connectivity index (χ4n) is 7.11. The Morgan fingerprint density at radius 1 is 1.22 bits per heavy atom. The van der Waals surface area contributed by atoms with Gasteiger partial charge in [-0.25, -0.2) is 13.8 Å². The van der Waals surface area contributed by atoms with Gasteiger partial charge < -0.3 is 25.4 Å². The van der Waals surface area contributed by atoms with Gasteiger partial charge >= 0.3 is 12.2 Å². The SMILES string of the molecule is C[C@@H]1CCOc2nc(-c3cc(N)cc(Cl)c3C(F)(F)F)c(F)c3nc(OC[C@@]45CCCN4C[C@H](F)C5)nc(c23)N1CC1CCN1. The highest BCUT2D eigenvalue weighted by atomic mass is 35.5. The predicted molar refractivity (Wildman–Crippen MR) is 159 cm³/mol. The van der Waals surface area contributed by atoms with E-state index in [1.807, 2.05) is 11.8 Å². The smallest absolute Gasteiger partial charge is 0.418 e. The van der Waals surface area contributed by atoms with Gasteiger partial charge in [0.1, 0.15) is 35.2 Å². The Kier molecular flexibility index (Phi) is 7.59. The first kappa shape index (κ1) is 30.4. The maximum absolute atomic E-state index is 16.7. The maximum atomic E-state index is 16.7. The molecule has 9 nitrogen and oxygen atoms in total. The lowest BCUT2D eigenvalue weighted by molar-refractivity contribution is -0.137. The molecular weight excluding hydrogens is 621 g/mol. The van der Waals surface area contributed by atoms with Gasteiger partial charge in [-0.1, -0.05) is 11.6 Å². The lowest BCUT2D eigenvalue weighted by Crippen LogP contribution is -2.53. The molecule has 3 fully saturated rings. The highest BCUT2D eigenvalue weighted by molar-refractivity contribution is 6.32. The Balaban J connectivity index is 1.42. The number of pyridine rings is 1. The van der Waals surface area contributed by atoms with E-state index in [2.05, 4.69) is 20.2 Å². The number of hydrogen-bond donors (Lipinski definition) is 2. The summed E-state index contributed by atoms with van der Waals surface area (Å²) < 4.78 is 86.0. The first-order valence-electron chi connectivity index (χ1n) is 15.2. The molecule has 45 heavy (non-hydrogen) atoms. The van der Waals surface area contributed by atoms with Crippen LogP contribution in [-0.2, 0) is 6.18 Å². The van der Waals surface area contributed by atoms with E-state index in [0.717, 1.165) is 44.5 Å². The van der Waals surface area contributed by atoms with Crippen molar-refractivity contribution < 1.29 is 31.4 Å². The second kappa shape index (κ2) is 11.2. The number of fused-ring (bicyclic) bond motifs is 1. The van der Waals surface area contributed by atoms with Gasteiger partial charge in [0.25, 0.3) is 0 Å². The zero-order chi connectivity index (χ0) is 31.7. The van der Waals surface area contributed by atoms with E-state index in [1.165, 1.54) is 0 Å². The number of anilines is 2. The lowest BCUT2D eigenvalue weighted by atomic mass is 9.95. The van der Waals surface area contributed by atoms with Crippen LogP contribution in [0.5, 0.6) is 11.9 Å². The maximum Gasteiger partial charge on any atom is 0.418 e. The van der Waals surface area contributed by atoms with Gasteiger partial charge in [-0.05, 0) is 51.4 Å². The summed E-state index contributed by atoms with van der Waals surface area (Å²) in [6.07, 6.45) is -2.50. The van der Waals surface area contributed by atoms with Crippen LogP contribution in [0.3, 0.4) is 0 Å². The summed E-state index contributed by atoms with van der Waals surface area (Å²) in [4.78, 5) is 17.5. The number of nitrogens with zero attached hydrogens (tertiary/aromatic N) is 5. The Hall–Kier alpha value is -3.23. The molecule has 0 amide bonds. The molecule has 3 N–H and O–H groups in total. The van der Waals surface area contributed by atoms with E-state index in [-0.39, 0.29) is 53.8 Å². The van der Waals surface area contributed by atoms with Crippen molar-refractivity contribution in [2.45, 2.75) is 69.0 Å². The number of ether oxygens (including phenoxy) is 2. The molecule has 2 aromatic heterocycles. The Morgan fingerprint density at radius 2 is 2.02 bits per heavy atom. The summed E-state index contributed by atoms with van der Waals surface area (Å²) >= 11 is 6.01. The minimum absolute atomic E-state index is 0.0874. The van der Waals surface area contributed by atoms with Gasteiger partial charge in [0.15, 0.2) is 5.82 Å². The third-order valence-electron chi connectivity index (χ3n) is 9.52. The minimum atomic E-state index is -4.94. The number of aromatic nitrogens is 3. The van der Waals surface area contributed by atoms with E-state index in [0.29, 0.717) is 31.7 Å². The minimum Gasteiger partial charge on any atom is -0.477 e. The van der Waals surface area contributed by atoms with Gasteiger partial charge in [0, 0.05) is 49.3 Å². The van der Waals surface area contributed by atoms with Gasteiger partial charge in [-0.2, -0.15) is 23.1 Å². The predicted octanol–water partition coefficient (Wildman–Crippen LogP) is 5.38. The number of nitrogens with two attached hydrogens (primary N) is 1. The standard InChI is InChI=1S/C30H33ClF5N7O2/c1-15-4-8-44-27-21-25(23(33)24(39-27)19-9-17(37)10-20(31)22(19)30(34,35)36)40-28(41-26(21)43(15)13-18-3-6-38-18)45-14-29-5-2-7-42(29)12-16(32)11-29/h9-10,15-16,18,38H,2-8,11-14,37H2,1H3/t15-,16-,18?,29+/m1/s1. The van der Waals surface area contributed by atoms with Crippen LogP contribution >= 0.6 is 11.6 Å². The zero-order valence-corrected chi connectivity index (χ0v) is 25.3. The number of hydrogen-bond acceptors (Lipinski definition) is 9. The fourth-order valence-corrected chi connectivity index (χ4v) is 7.44. The number of benzene rings is 1. The molecule has 0 radical (unpaired) electrons. The number of nitrogens with one attached hydrogen (secondary N) is 1. The van der Waals surface area contributed by atoms with Crippen molar-refractivity contribution in [1.29, 1.82) is 0 Å². The van der Waals surface area contributed by atoms with Crippen LogP contribution in [-0.4, -0.2) is 83.0 Å². The molecule has 0 saturated carbocycles. The topological polar surface area (TPSA) is 102 Å². The average molecular weight is 654 g/mol. The third kappa shape index (κ3) is 5.38. The normalized spacial score (nSPS) is 26.7. The van der Waals surface area contributed by atoms with Gasteiger partial charge in [0.05, 0.1) is 22.7 Å². The van der Waals surface area contributed by atoms with Gasteiger partial charge in [-0.15, -0.1) is 0 Å². The summed E-state index contributed by atoms with van der Waals surface area (Å²) in [6, 6.07) is 1.85. The quantitative estimate of drug-likeness (QED) is 0.268. The Bertz CT molecular complexity index is 1640. The Morgan fingerprint density at radius 3 is 2.76 bits per heavy atom. The molecule has 0 aliphatic carbocycles. The number of alkyl halides is 4. The van der Waals surface area contributed by atoms with E-state index in [9.17, 15) is 17.6 Å². The highest BCUT2D eigenvalue weighted by Gasteiger charge is 2.49. The summed E-state index contributed by atoms with van der Waals surface area (Å²) in [7, 11) is 0. The molecule has 4 atom stereocenters. The molecule has 7 rings (SSSR count). The summed E-state index contributed by atoms with van der Waals surface area (Å²) in [5.74, 6) is -0.927. The largest absolute Gasteiger partial charge is 0.477 e. The van der Waals surface area contributed by atoms with Crippen molar-refractivity contribution in [3.63, 3.8) is 0 Å². The van der Waals surface area contributed by atoms with E-state index < -0.39 is 45.5 Å². The van der Waals surface area contributed by atoms with Crippen LogP contribution in [0.25, 0.3) is 22.2 Å². The summed E-state index contributed by atoms with van der Waals surface area (Å²) in [6.45, 7) is 4.75. The molecule has 0 spiro atoms. The molecular formula is C30H33ClF5N7O2. The van der Waals surface area contributed by atoms with Crippen LogP contribution in [0.4, 0.5) is 33.5 Å². The molecule has 242 valence electrons. The molecule has 3 aromatic rings. The van der Waals surface area contributed by atoms with Crippen LogP contribution < -0.4 is 25.4 Å². The van der Waals surface area contributed by atoms with Crippen molar-refractivity contribution in [2.75, 3.05) is 50.0 Å². The molecule has 4 aliphatic heterocycles. The van der Waals surface area contributed by atoms with Crippen molar-refractivity contribution in [3.05, 3.63) is 28.5 Å². The number of rotatable bonds is 6. The lowest BCUT2D eigenvalue weighted by Gasteiger charge is -2.39. The van der Waals surface area contributed by atoms with Crippen molar-refractivity contribution in [3.8, 4) is 23.1 Å². The zero-order valence-electron chi connectivity index (χ0n) is 24.6. The molecule has 0 bridgehead atoms. The van der Waals surface area contributed by atoms with Crippen LogP contribution in [0.15, 0.2) is 12.1 Å². The second-order valence-corrected chi connectivity index (χ2v) is 12.9. The number of nitrogen functional groups attached to an aromatic ring is 1.